The molecule has 1 aliphatic rings. The zero-order chi connectivity index (χ0) is 20.6. The van der Waals surface area contributed by atoms with Crippen LogP contribution in [0.5, 0.6) is 0 Å². The quantitative estimate of drug-likeness (QED) is 0.290. The Balaban J connectivity index is 1.69. The molecule has 30 heavy (non-hydrogen) atoms. The summed E-state index contributed by atoms with van der Waals surface area (Å²) in [7, 11) is 0. The van der Waals surface area contributed by atoms with Gasteiger partial charge >= 0.3 is 179 Å². The Hall–Kier alpha value is -2.85. The summed E-state index contributed by atoms with van der Waals surface area (Å²) in [5.74, 6) is 4.98. The number of rotatable bonds is 1. The number of nitrogens with zero attached hydrogens (tertiary/aromatic N) is 1. The number of pyridine rings is 1. The second-order valence-corrected chi connectivity index (χ2v) is 18.0. The van der Waals surface area contributed by atoms with Gasteiger partial charge in [-0.15, -0.1) is 0 Å². The van der Waals surface area contributed by atoms with Gasteiger partial charge in [0.1, 0.15) is 0 Å². The summed E-state index contributed by atoms with van der Waals surface area (Å²) < 4.78 is 9.75. The van der Waals surface area contributed by atoms with Crippen LogP contribution in [0.4, 0.5) is 0 Å². The fourth-order valence-corrected chi connectivity index (χ4v) is 12.0. The molecule has 0 saturated carbocycles. The number of hydrogen-bond acceptors (Lipinski definition) is 2. The van der Waals surface area contributed by atoms with Gasteiger partial charge in [-0.2, -0.15) is 0 Å². The van der Waals surface area contributed by atoms with Gasteiger partial charge in [0.15, 0.2) is 0 Å². The van der Waals surface area contributed by atoms with Crippen LogP contribution >= 0.6 is 0 Å². The van der Waals surface area contributed by atoms with Gasteiger partial charge < -0.3 is 0 Å². The SMILES string of the molecule is Cc1cnc(-c2cccc3c2oc2[c]4c(ccc23)-c2cccc[c]2[Ge]4([CH3])[CH3])cc1C. The van der Waals surface area contributed by atoms with Gasteiger partial charge in [-0.05, 0) is 0 Å². The van der Waals surface area contributed by atoms with Crippen LogP contribution in [0.3, 0.4) is 0 Å². The second-order valence-electron chi connectivity index (χ2n) is 8.97. The molecule has 3 heteroatoms. The second kappa shape index (κ2) is 6.08. The van der Waals surface area contributed by atoms with E-state index in [0.717, 1.165) is 22.4 Å². The third kappa shape index (κ3) is 2.28. The van der Waals surface area contributed by atoms with Crippen molar-refractivity contribution in [3.8, 4) is 22.4 Å². The predicted molar refractivity (Wildman–Crippen MR) is 129 cm³/mol. The maximum absolute atomic E-state index is 6.72. The average Bonchev–Trinajstić information content (AvgIpc) is 3.23. The van der Waals surface area contributed by atoms with Gasteiger partial charge in [-0.3, -0.25) is 0 Å². The van der Waals surface area contributed by atoms with Crippen LogP contribution in [0.1, 0.15) is 11.1 Å². The molecule has 0 radical (unpaired) electrons. The Labute approximate surface area is 178 Å². The van der Waals surface area contributed by atoms with Crippen LogP contribution in [-0.2, 0) is 0 Å². The molecule has 2 aromatic heterocycles. The Kier molecular flexibility index (Phi) is 3.64. The molecule has 6 rings (SSSR count). The Bertz CT molecular complexity index is 1490. The molecule has 0 saturated heterocycles. The Morgan fingerprint density at radius 3 is 2.33 bits per heavy atom. The monoisotopic (exact) mass is 451 g/mol. The van der Waals surface area contributed by atoms with E-state index in [-0.39, 0.29) is 0 Å². The molecule has 0 unspecified atom stereocenters. The molecule has 2 nitrogen and oxygen atoms in total. The van der Waals surface area contributed by atoms with Gasteiger partial charge in [-0.25, -0.2) is 0 Å². The number of benzene rings is 3. The zero-order valence-electron chi connectivity index (χ0n) is 17.7. The third-order valence-corrected chi connectivity index (χ3v) is 14.2. The summed E-state index contributed by atoms with van der Waals surface area (Å²) in [4.78, 5) is 4.71. The molecule has 3 aromatic carbocycles. The number of furan rings is 1. The van der Waals surface area contributed by atoms with Crippen molar-refractivity contribution in [2.75, 3.05) is 0 Å². The van der Waals surface area contributed by atoms with Crippen LogP contribution in [0, 0.1) is 13.8 Å². The topological polar surface area (TPSA) is 26.0 Å². The van der Waals surface area contributed by atoms with E-state index in [1.165, 1.54) is 37.4 Å². The molecule has 5 aromatic rings. The molecule has 0 N–H and O–H groups in total. The molecule has 0 bridgehead atoms. The van der Waals surface area contributed by atoms with Gasteiger partial charge in [-0.1, -0.05) is 0 Å². The Morgan fingerprint density at radius 1 is 0.733 bits per heavy atom. The number of hydrogen-bond donors (Lipinski definition) is 0. The number of para-hydroxylation sites is 1. The Morgan fingerprint density at radius 2 is 1.50 bits per heavy atom. The molecule has 3 heterocycles. The standard InChI is InChI=1S/C27H23GeNO/c1-16-14-24(29-15-17(16)2)22-10-7-9-20-21-13-12-19-18-8-5-6-11-23(18)28(3,4)25(19)27(21)30-26(20)22/h5-15H,1-4H3. The molecule has 0 amide bonds. The summed E-state index contributed by atoms with van der Waals surface area (Å²) in [6.07, 6.45) is 1.96. The first-order valence-corrected chi connectivity index (χ1v) is 16.8. The van der Waals surface area contributed by atoms with Crippen molar-refractivity contribution in [1.29, 1.82) is 0 Å². The van der Waals surface area contributed by atoms with Gasteiger partial charge in [0.2, 0.25) is 0 Å². The molecule has 0 atom stereocenters. The van der Waals surface area contributed by atoms with Gasteiger partial charge in [0.25, 0.3) is 0 Å². The maximum atomic E-state index is 6.72. The predicted octanol–water partition coefficient (Wildman–Crippen LogP) is 6.07. The van der Waals surface area contributed by atoms with Crippen molar-refractivity contribution < 1.29 is 4.42 Å². The molecular weight excluding hydrogens is 427 g/mol. The summed E-state index contributed by atoms with van der Waals surface area (Å²) in [5, 5.41) is 2.40. The van der Waals surface area contributed by atoms with Gasteiger partial charge in [0.05, 0.1) is 0 Å². The van der Waals surface area contributed by atoms with E-state index in [2.05, 4.69) is 86.0 Å². The fraction of sp³-hybridized carbons (Fsp3) is 0.148. The van der Waals surface area contributed by atoms with E-state index >= 15 is 0 Å². The molecule has 0 spiro atoms. The zero-order valence-corrected chi connectivity index (χ0v) is 19.8. The number of aromatic nitrogens is 1. The normalized spacial score (nSPS) is 14.3. The van der Waals surface area contributed by atoms with Crippen molar-refractivity contribution in [3.63, 3.8) is 0 Å². The summed E-state index contributed by atoms with van der Waals surface area (Å²) in [6, 6.07) is 22.1. The summed E-state index contributed by atoms with van der Waals surface area (Å²) in [5.41, 5.74) is 9.31. The first kappa shape index (κ1) is 18.0. The van der Waals surface area contributed by atoms with Crippen molar-refractivity contribution >= 4 is 44.0 Å². The van der Waals surface area contributed by atoms with E-state index in [4.69, 9.17) is 9.40 Å². The van der Waals surface area contributed by atoms with Crippen molar-refractivity contribution in [1.82, 2.24) is 4.98 Å². The van der Waals surface area contributed by atoms with E-state index in [9.17, 15) is 0 Å². The first-order chi connectivity index (χ1) is 14.5. The van der Waals surface area contributed by atoms with Crippen molar-refractivity contribution in [2.45, 2.75) is 25.4 Å². The van der Waals surface area contributed by atoms with Crippen LogP contribution in [0.15, 0.2) is 71.3 Å². The number of fused-ring (bicyclic) bond motifs is 7. The van der Waals surface area contributed by atoms with Crippen molar-refractivity contribution in [2.24, 2.45) is 0 Å². The first-order valence-electron chi connectivity index (χ1n) is 10.5. The van der Waals surface area contributed by atoms with E-state index < -0.39 is 13.3 Å². The van der Waals surface area contributed by atoms with E-state index in [1.807, 2.05) is 6.20 Å². The van der Waals surface area contributed by atoms with Crippen LogP contribution in [0.2, 0.25) is 11.5 Å². The average molecular weight is 450 g/mol. The molecular formula is C27H23GeNO. The fourth-order valence-electron chi connectivity index (χ4n) is 5.08. The van der Waals surface area contributed by atoms with Crippen molar-refractivity contribution in [3.05, 3.63) is 78.0 Å². The summed E-state index contributed by atoms with van der Waals surface area (Å²) >= 11 is -2.44. The van der Waals surface area contributed by atoms with Crippen LogP contribution in [0.25, 0.3) is 44.3 Å². The van der Waals surface area contributed by atoms with E-state index in [0.29, 0.717) is 0 Å². The van der Waals surface area contributed by atoms with Crippen LogP contribution in [-0.4, -0.2) is 18.3 Å². The van der Waals surface area contributed by atoms with Crippen LogP contribution < -0.4 is 8.79 Å². The molecule has 1 aliphatic heterocycles. The molecule has 0 aliphatic carbocycles. The van der Waals surface area contributed by atoms with Gasteiger partial charge in [0, 0.05) is 0 Å². The molecule has 146 valence electrons. The molecule has 0 fully saturated rings. The third-order valence-electron chi connectivity index (χ3n) is 6.83. The minimum absolute atomic E-state index is 0.950. The summed E-state index contributed by atoms with van der Waals surface area (Å²) in [6.45, 7) is 4.24. The number of aryl methyl sites for hydroxylation is 2. The minimum atomic E-state index is -2.44. The van der Waals surface area contributed by atoms with E-state index in [1.54, 1.807) is 4.40 Å².